The van der Waals surface area contributed by atoms with Crippen LogP contribution in [-0.2, 0) is 4.79 Å². The second-order valence-electron chi connectivity index (χ2n) is 6.40. The molecule has 0 N–H and O–H groups in total. The minimum Gasteiger partial charge on any atom is -0.338 e. The molecule has 2 aromatic rings. The number of rotatable bonds is 5. The Morgan fingerprint density at radius 2 is 1.72 bits per heavy atom. The van der Waals surface area contributed by atoms with Gasteiger partial charge in [-0.2, -0.15) is 0 Å². The van der Waals surface area contributed by atoms with Crippen molar-refractivity contribution in [2.45, 2.75) is 13.0 Å². The summed E-state index contributed by atoms with van der Waals surface area (Å²) >= 11 is 0. The monoisotopic (exact) mass is 339 g/mol. The highest BCUT2D eigenvalue weighted by Crippen LogP contribution is 2.18. The van der Waals surface area contributed by atoms with Crippen molar-refractivity contribution in [2.24, 2.45) is 0 Å². The van der Waals surface area contributed by atoms with Crippen molar-refractivity contribution in [3.05, 3.63) is 54.4 Å². The van der Waals surface area contributed by atoms with Crippen LogP contribution in [0.1, 0.15) is 18.5 Å². The fourth-order valence-corrected chi connectivity index (χ4v) is 3.03. The summed E-state index contributed by atoms with van der Waals surface area (Å²) in [5.74, 6) is 0.920. The van der Waals surface area contributed by atoms with E-state index in [2.05, 4.69) is 38.8 Å². The molecular weight excluding hydrogens is 314 g/mol. The van der Waals surface area contributed by atoms with Gasteiger partial charge in [-0.1, -0.05) is 30.3 Å². The Morgan fingerprint density at radius 3 is 2.36 bits per heavy atom. The van der Waals surface area contributed by atoms with Gasteiger partial charge in [-0.3, -0.25) is 9.69 Å². The van der Waals surface area contributed by atoms with Crippen LogP contribution in [0.15, 0.2) is 48.8 Å². The molecule has 0 bridgehead atoms. The molecule has 1 aromatic carbocycles. The molecular formula is C19H25N5O. The van der Waals surface area contributed by atoms with Crippen molar-refractivity contribution in [2.75, 3.05) is 44.7 Å². The van der Waals surface area contributed by atoms with E-state index in [0.717, 1.165) is 37.7 Å². The van der Waals surface area contributed by atoms with Gasteiger partial charge in [0.15, 0.2) is 0 Å². The van der Waals surface area contributed by atoms with Crippen LogP contribution in [0.5, 0.6) is 0 Å². The van der Waals surface area contributed by atoms with Crippen LogP contribution in [-0.4, -0.2) is 65.4 Å². The maximum Gasteiger partial charge on any atom is 0.236 e. The average molecular weight is 339 g/mol. The van der Waals surface area contributed by atoms with Crippen LogP contribution in [0.4, 0.5) is 5.95 Å². The molecule has 0 unspecified atom stereocenters. The number of carbonyl (C=O) groups excluding carboxylic acids is 1. The highest BCUT2D eigenvalue weighted by Gasteiger charge is 2.23. The lowest BCUT2D eigenvalue weighted by atomic mass is 10.1. The van der Waals surface area contributed by atoms with Gasteiger partial charge in [-0.25, -0.2) is 9.97 Å². The maximum absolute atomic E-state index is 12.6. The van der Waals surface area contributed by atoms with Crippen LogP contribution in [0.2, 0.25) is 0 Å². The van der Waals surface area contributed by atoms with E-state index in [1.165, 1.54) is 0 Å². The minimum atomic E-state index is 0.0766. The number of anilines is 1. The van der Waals surface area contributed by atoms with Gasteiger partial charge in [0.05, 0.1) is 12.6 Å². The van der Waals surface area contributed by atoms with Gasteiger partial charge in [0.2, 0.25) is 11.9 Å². The van der Waals surface area contributed by atoms with E-state index >= 15 is 0 Å². The summed E-state index contributed by atoms with van der Waals surface area (Å²) in [6.07, 6.45) is 3.52. The van der Waals surface area contributed by atoms with Crippen molar-refractivity contribution < 1.29 is 4.79 Å². The van der Waals surface area contributed by atoms with Crippen molar-refractivity contribution in [3.8, 4) is 0 Å². The molecule has 1 saturated heterocycles. The number of benzene rings is 1. The summed E-state index contributed by atoms with van der Waals surface area (Å²) in [4.78, 5) is 27.4. The summed E-state index contributed by atoms with van der Waals surface area (Å²) in [5, 5.41) is 0. The largest absolute Gasteiger partial charge is 0.338 e. The van der Waals surface area contributed by atoms with Crippen molar-refractivity contribution in [1.82, 2.24) is 19.8 Å². The summed E-state index contributed by atoms with van der Waals surface area (Å²) in [7, 11) is 1.88. The Kier molecular flexibility index (Phi) is 5.60. The summed E-state index contributed by atoms with van der Waals surface area (Å²) in [5.41, 5.74) is 1.16. The van der Waals surface area contributed by atoms with Gasteiger partial charge in [0, 0.05) is 45.6 Å². The standard InChI is InChI=1S/C19H25N5O/c1-16(17-7-4-3-5-8-17)22(2)18(25)15-23-11-13-24(14-12-23)19-20-9-6-10-21-19/h3-10,16H,11-15H2,1-2H3/t16-/m0/s1. The fourth-order valence-electron chi connectivity index (χ4n) is 3.03. The van der Waals surface area contributed by atoms with Crippen molar-refractivity contribution >= 4 is 11.9 Å². The zero-order valence-corrected chi connectivity index (χ0v) is 14.9. The number of carbonyl (C=O) groups is 1. The quantitative estimate of drug-likeness (QED) is 0.832. The molecule has 1 atom stereocenters. The van der Waals surface area contributed by atoms with Crippen LogP contribution in [0.25, 0.3) is 0 Å². The predicted octanol–water partition coefficient (Wildman–Crippen LogP) is 1.82. The van der Waals surface area contributed by atoms with Gasteiger partial charge < -0.3 is 9.80 Å². The Balaban J connectivity index is 1.50. The maximum atomic E-state index is 12.6. The molecule has 25 heavy (non-hydrogen) atoms. The number of likely N-dealkylation sites (N-methyl/N-ethyl adjacent to an activating group) is 1. The first kappa shape index (κ1) is 17.4. The van der Waals surface area contributed by atoms with Gasteiger partial charge >= 0.3 is 0 Å². The van der Waals surface area contributed by atoms with Crippen LogP contribution >= 0.6 is 0 Å². The first-order valence-corrected chi connectivity index (χ1v) is 8.70. The van der Waals surface area contributed by atoms with E-state index in [1.54, 1.807) is 12.4 Å². The summed E-state index contributed by atoms with van der Waals surface area (Å²) in [6, 6.07) is 12.0. The molecule has 132 valence electrons. The fraction of sp³-hybridized carbons (Fsp3) is 0.421. The SMILES string of the molecule is C[C@@H](c1ccccc1)N(C)C(=O)CN1CCN(c2ncccn2)CC1. The lowest BCUT2D eigenvalue weighted by Crippen LogP contribution is -2.50. The van der Waals surface area contributed by atoms with E-state index < -0.39 is 0 Å². The van der Waals surface area contributed by atoms with E-state index in [0.29, 0.717) is 6.54 Å². The summed E-state index contributed by atoms with van der Waals surface area (Å²) in [6.45, 7) is 5.90. The number of nitrogens with zero attached hydrogens (tertiary/aromatic N) is 5. The molecule has 1 aromatic heterocycles. The molecule has 0 radical (unpaired) electrons. The molecule has 1 amide bonds. The van der Waals surface area contributed by atoms with Gasteiger partial charge in [0.25, 0.3) is 0 Å². The molecule has 0 aliphatic carbocycles. The molecule has 0 saturated carbocycles. The third-order valence-corrected chi connectivity index (χ3v) is 4.82. The topological polar surface area (TPSA) is 52.6 Å². The molecule has 0 spiro atoms. The van der Waals surface area contributed by atoms with E-state index in [1.807, 2.05) is 36.2 Å². The first-order valence-electron chi connectivity index (χ1n) is 8.70. The molecule has 3 rings (SSSR count). The number of amides is 1. The lowest BCUT2D eigenvalue weighted by Gasteiger charge is -2.35. The number of piperazine rings is 1. The zero-order chi connectivity index (χ0) is 17.6. The Morgan fingerprint density at radius 1 is 1.08 bits per heavy atom. The van der Waals surface area contributed by atoms with Crippen LogP contribution in [0, 0.1) is 0 Å². The molecule has 1 aliphatic rings. The predicted molar refractivity (Wildman–Crippen MR) is 98.3 cm³/mol. The first-order chi connectivity index (χ1) is 12.1. The second-order valence-corrected chi connectivity index (χ2v) is 6.40. The van der Waals surface area contributed by atoms with Gasteiger partial charge in [0.1, 0.15) is 0 Å². The third kappa shape index (κ3) is 4.33. The Hall–Kier alpha value is -2.47. The number of hydrogen-bond acceptors (Lipinski definition) is 5. The molecule has 6 nitrogen and oxygen atoms in total. The van der Waals surface area contributed by atoms with Gasteiger partial charge in [-0.15, -0.1) is 0 Å². The Labute approximate surface area is 149 Å². The van der Waals surface area contributed by atoms with Gasteiger partial charge in [-0.05, 0) is 18.6 Å². The Bertz CT molecular complexity index is 671. The highest BCUT2D eigenvalue weighted by molar-refractivity contribution is 5.78. The number of aromatic nitrogens is 2. The van der Waals surface area contributed by atoms with Crippen LogP contribution < -0.4 is 4.90 Å². The number of hydrogen-bond donors (Lipinski definition) is 0. The molecule has 2 heterocycles. The highest BCUT2D eigenvalue weighted by atomic mass is 16.2. The van der Waals surface area contributed by atoms with Crippen molar-refractivity contribution in [1.29, 1.82) is 0 Å². The molecule has 1 aliphatic heterocycles. The minimum absolute atomic E-state index is 0.0766. The van der Waals surface area contributed by atoms with Crippen LogP contribution in [0.3, 0.4) is 0 Å². The normalized spacial score (nSPS) is 16.5. The van der Waals surface area contributed by atoms with Crippen molar-refractivity contribution in [3.63, 3.8) is 0 Å². The second kappa shape index (κ2) is 8.07. The average Bonchev–Trinajstić information content (AvgIpc) is 2.68. The zero-order valence-electron chi connectivity index (χ0n) is 14.9. The molecule has 1 fully saturated rings. The lowest BCUT2D eigenvalue weighted by molar-refractivity contribution is -0.133. The van der Waals surface area contributed by atoms with E-state index in [4.69, 9.17) is 0 Å². The molecule has 6 heteroatoms. The van der Waals surface area contributed by atoms with E-state index in [9.17, 15) is 4.79 Å². The summed E-state index contributed by atoms with van der Waals surface area (Å²) < 4.78 is 0. The smallest absolute Gasteiger partial charge is 0.236 e. The van der Waals surface area contributed by atoms with E-state index in [-0.39, 0.29) is 11.9 Å². The third-order valence-electron chi connectivity index (χ3n) is 4.82.